The number of carboxylic acids is 1. The number of aromatic nitrogens is 2. The molecule has 0 unspecified atom stereocenters. The molecule has 0 amide bonds. The maximum absolute atomic E-state index is 12.0. The molecular weight excluding hydrogens is 386 g/mol. The highest BCUT2D eigenvalue weighted by Gasteiger charge is 2.14. The van der Waals surface area contributed by atoms with E-state index in [-0.39, 0.29) is 16.1 Å². The smallest absolute Gasteiger partial charge is 0.337 e. The van der Waals surface area contributed by atoms with Gasteiger partial charge < -0.3 is 10.1 Å². The van der Waals surface area contributed by atoms with Crippen molar-refractivity contribution in [2.24, 2.45) is 0 Å². The molecule has 27 heavy (non-hydrogen) atoms. The molecule has 2 N–H and O–H groups in total. The molecule has 0 fully saturated rings. The average Bonchev–Trinajstić information content (AvgIpc) is 2.67. The van der Waals surface area contributed by atoms with Gasteiger partial charge in [0.05, 0.1) is 16.3 Å². The lowest BCUT2D eigenvalue weighted by molar-refractivity contribution is 0.0697. The van der Waals surface area contributed by atoms with Crippen LogP contribution in [0.3, 0.4) is 0 Å². The number of H-pyrrole nitrogens is 1. The third-order valence-electron chi connectivity index (χ3n) is 3.89. The summed E-state index contributed by atoms with van der Waals surface area (Å²) in [5, 5.41) is 18.9. The van der Waals surface area contributed by atoms with Crippen LogP contribution in [-0.4, -0.2) is 27.3 Å². The zero-order chi connectivity index (χ0) is 19.6. The number of carboxylic acid groups (broad SMARTS) is 1. The van der Waals surface area contributed by atoms with Gasteiger partial charge in [-0.3, -0.25) is 4.79 Å². The minimum absolute atomic E-state index is 0.0352. The Morgan fingerprint density at radius 2 is 1.81 bits per heavy atom. The number of nitrogens with one attached hydrogen (secondary N) is 1. The van der Waals surface area contributed by atoms with Gasteiger partial charge in [0, 0.05) is 5.56 Å². The van der Waals surface area contributed by atoms with Crippen LogP contribution in [0.4, 0.5) is 0 Å². The number of carbonyl (C=O) groups is 1. The van der Waals surface area contributed by atoms with E-state index in [1.165, 1.54) is 17.8 Å². The predicted octanol–water partition coefficient (Wildman–Crippen LogP) is 4.05. The molecule has 0 aliphatic heterocycles. The Morgan fingerprint density at radius 3 is 2.37 bits per heavy atom. The van der Waals surface area contributed by atoms with Gasteiger partial charge in [-0.25, -0.2) is 9.78 Å². The molecule has 3 rings (SSSR count). The zero-order valence-electron chi connectivity index (χ0n) is 14.0. The summed E-state index contributed by atoms with van der Waals surface area (Å²) in [5.74, 6) is -1.09. The normalized spacial score (nSPS) is 10.4. The van der Waals surface area contributed by atoms with Crippen LogP contribution in [0.25, 0.3) is 22.4 Å². The summed E-state index contributed by atoms with van der Waals surface area (Å²) in [6.07, 6.45) is 1.78. The maximum Gasteiger partial charge on any atom is 0.337 e. The Balaban J connectivity index is 2.03. The van der Waals surface area contributed by atoms with Crippen LogP contribution >= 0.6 is 23.4 Å². The molecule has 134 valence electrons. The number of hydrogen-bond donors (Lipinski definition) is 2. The van der Waals surface area contributed by atoms with E-state index in [0.29, 0.717) is 16.4 Å². The first-order chi connectivity index (χ1) is 12.9. The van der Waals surface area contributed by atoms with Crippen LogP contribution in [0.2, 0.25) is 5.02 Å². The first kappa shape index (κ1) is 18.7. The Labute approximate surface area is 163 Å². The third-order valence-corrected chi connectivity index (χ3v) is 4.79. The Morgan fingerprint density at radius 1 is 1.19 bits per heavy atom. The Hall–Kier alpha value is -3.08. The summed E-state index contributed by atoms with van der Waals surface area (Å²) in [6, 6.07) is 13.7. The summed E-state index contributed by atoms with van der Waals surface area (Å²) < 4.78 is 0. The van der Waals surface area contributed by atoms with E-state index in [1.807, 2.05) is 6.07 Å². The van der Waals surface area contributed by atoms with Crippen LogP contribution in [0.5, 0.6) is 0 Å². The van der Waals surface area contributed by atoms with Crippen LogP contribution < -0.4 is 5.56 Å². The molecular formula is C19H12ClN3O3S. The maximum atomic E-state index is 12.0. The molecule has 1 aromatic heterocycles. The summed E-state index contributed by atoms with van der Waals surface area (Å²) in [4.78, 5) is 30.0. The van der Waals surface area contributed by atoms with E-state index < -0.39 is 11.5 Å². The molecule has 1 heterocycles. The van der Waals surface area contributed by atoms with Crippen molar-refractivity contribution in [3.05, 3.63) is 69.0 Å². The Bertz CT molecular complexity index is 1130. The van der Waals surface area contributed by atoms with Crippen LogP contribution in [0, 0.1) is 11.3 Å². The number of benzene rings is 2. The lowest BCUT2D eigenvalue weighted by Gasteiger charge is -2.08. The first-order valence-electron chi connectivity index (χ1n) is 7.66. The highest BCUT2D eigenvalue weighted by Crippen LogP contribution is 2.28. The fourth-order valence-electron chi connectivity index (χ4n) is 2.55. The molecule has 0 saturated heterocycles. The van der Waals surface area contributed by atoms with E-state index >= 15 is 0 Å². The fraction of sp³-hybridized carbons (Fsp3) is 0.0526. The topological polar surface area (TPSA) is 107 Å². The third kappa shape index (κ3) is 3.72. The number of aromatic carboxylic acids is 1. The number of nitrogens with zero attached hydrogens (tertiary/aromatic N) is 2. The second-order valence-electron chi connectivity index (χ2n) is 5.49. The Kier molecular flexibility index (Phi) is 5.31. The van der Waals surface area contributed by atoms with Crippen molar-refractivity contribution in [2.45, 2.75) is 5.16 Å². The fourth-order valence-corrected chi connectivity index (χ4v) is 3.19. The van der Waals surface area contributed by atoms with E-state index in [4.69, 9.17) is 16.7 Å². The lowest BCUT2D eigenvalue weighted by atomic mass is 10.0. The van der Waals surface area contributed by atoms with Gasteiger partial charge in [0.1, 0.15) is 11.6 Å². The van der Waals surface area contributed by atoms with Crippen molar-refractivity contribution in [1.82, 2.24) is 9.97 Å². The molecule has 0 saturated carbocycles. The van der Waals surface area contributed by atoms with Crippen molar-refractivity contribution >= 4 is 29.3 Å². The largest absolute Gasteiger partial charge is 0.478 e. The van der Waals surface area contributed by atoms with Crippen LogP contribution in [-0.2, 0) is 0 Å². The summed E-state index contributed by atoms with van der Waals surface area (Å²) in [7, 11) is 0. The van der Waals surface area contributed by atoms with Crippen molar-refractivity contribution in [2.75, 3.05) is 6.26 Å². The standard InChI is InChI=1S/C19H12ClN3O3S/c1-27-19-22-16(14(9-21)17(24)23-19)11-4-2-10(3-5-11)12-6-7-13(18(25)26)15(20)8-12/h2-8H,1H3,(H,25,26)(H,22,23,24). The van der Waals surface area contributed by atoms with Gasteiger partial charge in [0.25, 0.3) is 5.56 Å². The van der Waals surface area contributed by atoms with E-state index in [0.717, 1.165) is 11.1 Å². The second-order valence-corrected chi connectivity index (χ2v) is 6.69. The highest BCUT2D eigenvalue weighted by atomic mass is 35.5. The number of hydrogen-bond acceptors (Lipinski definition) is 5. The van der Waals surface area contributed by atoms with Gasteiger partial charge in [-0.05, 0) is 29.5 Å². The van der Waals surface area contributed by atoms with Gasteiger partial charge in [0.15, 0.2) is 5.16 Å². The number of thioether (sulfide) groups is 1. The van der Waals surface area contributed by atoms with E-state index in [9.17, 15) is 14.9 Å². The van der Waals surface area contributed by atoms with Crippen molar-refractivity contribution < 1.29 is 9.90 Å². The molecule has 2 aromatic carbocycles. The average molecular weight is 398 g/mol. The molecule has 0 aliphatic carbocycles. The molecule has 0 atom stereocenters. The second kappa shape index (κ2) is 7.66. The SMILES string of the molecule is CSc1nc(-c2ccc(-c3ccc(C(=O)O)c(Cl)c3)cc2)c(C#N)c(=O)[nH]1. The predicted molar refractivity (Wildman–Crippen MR) is 104 cm³/mol. The summed E-state index contributed by atoms with van der Waals surface area (Å²) in [5.41, 5.74) is 2.02. The number of aromatic amines is 1. The lowest BCUT2D eigenvalue weighted by Crippen LogP contribution is -2.14. The van der Waals surface area contributed by atoms with Crippen LogP contribution in [0.1, 0.15) is 15.9 Å². The molecule has 0 spiro atoms. The molecule has 0 bridgehead atoms. The monoisotopic (exact) mass is 397 g/mol. The van der Waals surface area contributed by atoms with Gasteiger partial charge in [-0.1, -0.05) is 53.7 Å². The van der Waals surface area contributed by atoms with Crippen molar-refractivity contribution in [3.8, 4) is 28.5 Å². The molecule has 0 radical (unpaired) electrons. The number of nitriles is 1. The van der Waals surface area contributed by atoms with E-state index in [2.05, 4.69) is 9.97 Å². The minimum atomic E-state index is -1.09. The number of rotatable bonds is 4. The summed E-state index contributed by atoms with van der Waals surface area (Å²) >= 11 is 7.30. The van der Waals surface area contributed by atoms with Gasteiger partial charge >= 0.3 is 5.97 Å². The minimum Gasteiger partial charge on any atom is -0.478 e. The van der Waals surface area contributed by atoms with Crippen molar-refractivity contribution in [1.29, 1.82) is 5.26 Å². The van der Waals surface area contributed by atoms with Gasteiger partial charge in [0.2, 0.25) is 0 Å². The quantitative estimate of drug-likeness (QED) is 0.508. The van der Waals surface area contributed by atoms with E-state index in [1.54, 1.807) is 42.7 Å². The highest BCUT2D eigenvalue weighted by molar-refractivity contribution is 7.98. The van der Waals surface area contributed by atoms with Crippen LogP contribution in [0.15, 0.2) is 52.4 Å². The number of halogens is 1. The molecule has 8 heteroatoms. The first-order valence-corrected chi connectivity index (χ1v) is 9.27. The van der Waals surface area contributed by atoms with Crippen molar-refractivity contribution in [3.63, 3.8) is 0 Å². The molecule has 6 nitrogen and oxygen atoms in total. The van der Waals surface area contributed by atoms with Gasteiger partial charge in [-0.15, -0.1) is 0 Å². The molecule has 3 aromatic rings. The molecule has 0 aliphatic rings. The van der Waals surface area contributed by atoms with Gasteiger partial charge in [-0.2, -0.15) is 5.26 Å². The summed E-state index contributed by atoms with van der Waals surface area (Å²) in [6.45, 7) is 0. The zero-order valence-corrected chi connectivity index (χ0v) is 15.6.